The van der Waals surface area contributed by atoms with Crippen LogP contribution in [0.15, 0.2) is 52.3 Å². The Morgan fingerprint density at radius 2 is 1.65 bits per heavy atom. The van der Waals surface area contributed by atoms with Gasteiger partial charge in [0.05, 0.1) is 22.5 Å². The first kappa shape index (κ1) is 26.1. The Labute approximate surface area is 208 Å². The number of carbonyl (C=O) groups is 1. The highest BCUT2D eigenvalue weighted by atomic mass is 19.4. The molecule has 0 bridgehead atoms. The van der Waals surface area contributed by atoms with Crippen molar-refractivity contribution in [3.63, 3.8) is 0 Å². The van der Waals surface area contributed by atoms with Gasteiger partial charge in [0.15, 0.2) is 0 Å². The normalized spacial score (nSPS) is 18.6. The summed E-state index contributed by atoms with van der Waals surface area (Å²) in [6.45, 7) is 4.94. The van der Waals surface area contributed by atoms with Crippen LogP contribution in [0.5, 0.6) is 0 Å². The zero-order valence-electron chi connectivity index (χ0n) is 20.2. The summed E-state index contributed by atoms with van der Waals surface area (Å²) in [6, 6.07) is 5.61. The Kier molecular flexibility index (Phi) is 6.96. The number of halogens is 4. The fourth-order valence-corrected chi connectivity index (χ4v) is 4.41. The van der Waals surface area contributed by atoms with Crippen molar-refractivity contribution in [3.05, 3.63) is 80.4 Å². The van der Waals surface area contributed by atoms with Crippen molar-refractivity contribution in [2.45, 2.75) is 32.1 Å². The van der Waals surface area contributed by atoms with Crippen LogP contribution < -0.4 is 21.3 Å². The first-order chi connectivity index (χ1) is 17.3. The Bertz CT molecular complexity index is 1420. The van der Waals surface area contributed by atoms with Gasteiger partial charge in [-0.15, -0.1) is 0 Å². The first-order valence-corrected chi connectivity index (χ1v) is 11.5. The number of piperazine rings is 1. The molecule has 4 rings (SSSR count). The van der Waals surface area contributed by atoms with Gasteiger partial charge in [0.25, 0.3) is 5.91 Å². The Morgan fingerprint density at radius 3 is 2.24 bits per heavy atom. The zero-order chi connectivity index (χ0) is 27.1. The van der Waals surface area contributed by atoms with Gasteiger partial charge < -0.3 is 20.2 Å². The van der Waals surface area contributed by atoms with Crippen LogP contribution in [0, 0.1) is 5.82 Å². The maximum Gasteiger partial charge on any atom is 0.417 e. The topological polar surface area (TPSA) is 101 Å². The maximum atomic E-state index is 15.3. The summed E-state index contributed by atoms with van der Waals surface area (Å²) in [5.74, 6) is -1.77. The monoisotopic (exact) mass is 519 g/mol. The summed E-state index contributed by atoms with van der Waals surface area (Å²) in [7, 11) is 1.96. The summed E-state index contributed by atoms with van der Waals surface area (Å²) in [6.07, 6.45) is -2.95. The van der Waals surface area contributed by atoms with Crippen molar-refractivity contribution >= 4 is 17.3 Å². The molecule has 3 heterocycles. The van der Waals surface area contributed by atoms with Crippen molar-refractivity contribution < 1.29 is 22.4 Å². The average molecular weight is 519 g/mol. The third-order valence-electron chi connectivity index (χ3n) is 6.60. The van der Waals surface area contributed by atoms with Gasteiger partial charge in [-0.1, -0.05) is 0 Å². The van der Waals surface area contributed by atoms with Crippen LogP contribution in [0.4, 0.5) is 28.9 Å². The number of likely N-dealkylation sites (N-methyl/N-ethyl adjacent to an activating group) is 1. The van der Waals surface area contributed by atoms with Crippen molar-refractivity contribution in [3.8, 4) is 11.1 Å². The van der Waals surface area contributed by atoms with Gasteiger partial charge in [0, 0.05) is 60.8 Å². The number of alkyl halides is 3. The molecule has 196 valence electrons. The summed E-state index contributed by atoms with van der Waals surface area (Å²) in [5, 5.41) is 2.49. The lowest BCUT2D eigenvalue weighted by Gasteiger charge is -2.44. The number of hydrogen-bond acceptors (Lipinski definition) is 5. The van der Waals surface area contributed by atoms with Gasteiger partial charge in [-0.3, -0.25) is 19.3 Å². The molecule has 2 aromatic heterocycles. The number of hydrogen-bond donors (Lipinski definition) is 3. The van der Waals surface area contributed by atoms with Gasteiger partial charge in [-0.2, -0.15) is 13.2 Å². The standard InChI is InChI=1S/C25H25F4N5O3/c1-13-11-34(12-14(2)33(13)3)21-8-19(26)16(15-4-5-22(35)30-9-15)6-20(21)32-24(37)17-10-31-23(36)7-18(17)25(27,28)29/h4-10,13-14H,11-12H2,1-3H3,(H,30,35)(H,31,36)(H,32,37)/t13-,14+. The van der Waals surface area contributed by atoms with Crippen molar-refractivity contribution in [2.24, 2.45) is 0 Å². The molecule has 1 aromatic carbocycles. The Morgan fingerprint density at radius 1 is 1.00 bits per heavy atom. The van der Waals surface area contributed by atoms with Crippen LogP contribution >= 0.6 is 0 Å². The second-order valence-corrected chi connectivity index (χ2v) is 9.14. The number of anilines is 2. The fraction of sp³-hybridized carbons (Fsp3) is 0.320. The van der Waals surface area contributed by atoms with E-state index in [-0.39, 0.29) is 23.3 Å². The molecule has 1 saturated heterocycles. The quantitative estimate of drug-likeness (QED) is 0.457. The predicted molar refractivity (Wildman–Crippen MR) is 131 cm³/mol. The van der Waals surface area contributed by atoms with Gasteiger partial charge in [0.2, 0.25) is 11.1 Å². The minimum Gasteiger partial charge on any atom is -0.367 e. The molecule has 1 amide bonds. The summed E-state index contributed by atoms with van der Waals surface area (Å²) >= 11 is 0. The molecule has 0 unspecified atom stereocenters. The molecule has 0 saturated carbocycles. The van der Waals surface area contributed by atoms with Gasteiger partial charge in [-0.05, 0) is 39.1 Å². The second-order valence-electron chi connectivity index (χ2n) is 9.14. The van der Waals surface area contributed by atoms with E-state index < -0.39 is 40.1 Å². The van der Waals surface area contributed by atoms with E-state index in [1.54, 1.807) is 0 Å². The minimum absolute atomic E-state index is 0.0306. The SMILES string of the molecule is C[C@@H]1CN(c2cc(F)c(-c3ccc(=O)[nH]c3)cc2NC(=O)c2c[nH]c(=O)cc2C(F)(F)F)C[C@H](C)N1C. The lowest BCUT2D eigenvalue weighted by Crippen LogP contribution is -2.55. The third kappa shape index (κ3) is 5.43. The van der Waals surface area contributed by atoms with Gasteiger partial charge in [-0.25, -0.2) is 4.39 Å². The number of nitrogens with zero attached hydrogens (tertiary/aromatic N) is 2. The predicted octanol–water partition coefficient (Wildman–Crippen LogP) is 3.67. The van der Waals surface area contributed by atoms with Crippen LogP contribution in [-0.2, 0) is 6.18 Å². The van der Waals surface area contributed by atoms with E-state index in [0.29, 0.717) is 36.6 Å². The van der Waals surface area contributed by atoms with Crippen molar-refractivity contribution in [2.75, 3.05) is 30.4 Å². The largest absolute Gasteiger partial charge is 0.417 e. The number of carbonyl (C=O) groups excluding carboxylic acids is 1. The maximum absolute atomic E-state index is 15.3. The number of amides is 1. The van der Waals surface area contributed by atoms with Crippen LogP contribution in [-0.4, -0.2) is 53.0 Å². The van der Waals surface area contributed by atoms with Gasteiger partial charge >= 0.3 is 6.18 Å². The van der Waals surface area contributed by atoms with Crippen LogP contribution in [0.25, 0.3) is 11.1 Å². The number of H-pyrrole nitrogens is 2. The molecule has 3 N–H and O–H groups in total. The van der Waals surface area contributed by atoms with E-state index in [4.69, 9.17) is 0 Å². The molecule has 1 fully saturated rings. The molecular weight excluding hydrogens is 494 g/mol. The third-order valence-corrected chi connectivity index (χ3v) is 6.60. The number of rotatable bonds is 4. The molecule has 37 heavy (non-hydrogen) atoms. The number of aromatic nitrogens is 2. The van der Waals surface area contributed by atoms with E-state index >= 15 is 4.39 Å². The summed E-state index contributed by atoms with van der Waals surface area (Å²) in [4.78, 5) is 44.6. The summed E-state index contributed by atoms with van der Waals surface area (Å²) < 4.78 is 56.0. The Balaban J connectivity index is 1.82. The lowest BCUT2D eigenvalue weighted by molar-refractivity contribution is -0.138. The first-order valence-electron chi connectivity index (χ1n) is 11.5. The molecule has 3 aromatic rings. The van der Waals surface area contributed by atoms with E-state index in [1.165, 1.54) is 30.5 Å². The number of benzene rings is 1. The van der Waals surface area contributed by atoms with Crippen LogP contribution in [0.2, 0.25) is 0 Å². The Hall–Kier alpha value is -3.93. The molecule has 0 spiro atoms. The molecule has 1 aliphatic heterocycles. The van der Waals surface area contributed by atoms with Crippen LogP contribution in [0.1, 0.15) is 29.8 Å². The number of nitrogens with one attached hydrogen (secondary N) is 3. The fourth-order valence-electron chi connectivity index (χ4n) is 4.41. The number of pyridine rings is 2. The number of aromatic amines is 2. The smallest absolute Gasteiger partial charge is 0.367 e. The molecule has 12 heteroatoms. The molecule has 2 atom stereocenters. The molecule has 0 radical (unpaired) electrons. The van der Waals surface area contributed by atoms with Crippen molar-refractivity contribution in [1.82, 2.24) is 14.9 Å². The van der Waals surface area contributed by atoms with Gasteiger partial charge in [0.1, 0.15) is 5.82 Å². The molecule has 1 aliphatic rings. The lowest BCUT2D eigenvalue weighted by atomic mass is 10.0. The minimum atomic E-state index is -4.95. The average Bonchev–Trinajstić information content (AvgIpc) is 2.83. The zero-order valence-corrected chi connectivity index (χ0v) is 20.2. The van der Waals surface area contributed by atoms with E-state index in [9.17, 15) is 27.6 Å². The highest BCUT2D eigenvalue weighted by Gasteiger charge is 2.36. The van der Waals surface area contributed by atoms with E-state index in [0.717, 1.165) is 0 Å². The summed E-state index contributed by atoms with van der Waals surface area (Å²) in [5.41, 5.74) is -2.87. The molecule has 8 nitrogen and oxygen atoms in total. The van der Waals surface area contributed by atoms with E-state index in [2.05, 4.69) is 20.2 Å². The molecule has 0 aliphatic carbocycles. The highest BCUT2D eigenvalue weighted by Crippen LogP contribution is 2.37. The molecular formula is C25H25F4N5O3. The highest BCUT2D eigenvalue weighted by molar-refractivity contribution is 6.07. The van der Waals surface area contributed by atoms with Crippen molar-refractivity contribution in [1.29, 1.82) is 0 Å². The second kappa shape index (κ2) is 9.85. The van der Waals surface area contributed by atoms with E-state index in [1.807, 2.05) is 25.8 Å². The van der Waals surface area contributed by atoms with Crippen LogP contribution in [0.3, 0.4) is 0 Å².